The van der Waals surface area contributed by atoms with Gasteiger partial charge >= 0.3 is 0 Å². The van der Waals surface area contributed by atoms with Crippen LogP contribution in [0.5, 0.6) is 5.75 Å². The van der Waals surface area contributed by atoms with Crippen molar-refractivity contribution in [1.82, 2.24) is 0 Å². The second-order valence-electron chi connectivity index (χ2n) is 3.96. The Balaban J connectivity index is 2.15. The van der Waals surface area contributed by atoms with Crippen molar-refractivity contribution < 1.29 is 9.53 Å². The molecule has 2 aromatic rings. The minimum absolute atomic E-state index is 0.00691. The zero-order valence-electron chi connectivity index (χ0n) is 10.5. The van der Waals surface area contributed by atoms with Gasteiger partial charge in [-0.15, -0.1) is 0 Å². The number of allylic oxidation sites excluding steroid dienone is 1. The van der Waals surface area contributed by atoms with Crippen LogP contribution in [0.15, 0.2) is 59.1 Å². The molecule has 0 fully saturated rings. The molecule has 0 heterocycles. The Morgan fingerprint density at radius 2 is 1.89 bits per heavy atom. The summed E-state index contributed by atoms with van der Waals surface area (Å²) in [7, 11) is 1.62. The van der Waals surface area contributed by atoms with Crippen LogP contribution >= 0.6 is 15.9 Å². The normalized spacial score (nSPS) is 10.6. The maximum Gasteiger partial charge on any atom is 0.185 e. The van der Waals surface area contributed by atoms with Crippen molar-refractivity contribution in [3.63, 3.8) is 0 Å². The number of carbonyl (C=O) groups excluding carboxylic acids is 1. The van der Waals surface area contributed by atoms with E-state index < -0.39 is 0 Å². The van der Waals surface area contributed by atoms with Crippen LogP contribution in [0.25, 0.3) is 6.08 Å². The first-order valence-corrected chi connectivity index (χ1v) is 6.61. The molecule has 0 bridgehead atoms. The molecule has 2 nitrogen and oxygen atoms in total. The molecule has 2 aromatic carbocycles. The molecule has 3 heteroatoms. The number of hydrogen-bond acceptors (Lipinski definition) is 2. The van der Waals surface area contributed by atoms with Gasteiger partial charge in [0.15, 0.2) is 5.78 Å². The van der Waals surface area contributed by atoms with E-state index in [-0.39, 0.29) is 5.78 Å². The first-order valence-electron chi connectivity index (χ1n) is 5.81. The number of hydrogen-bond donors (Lipinski definition) is 0. The van der Waals surface area contributed by atoms with Crippen molar-refractivity contribution in [3.05, 3.63) is 70.2 Å². The first kappa shape index (κ1) is 13.6. The highest BCUT2D eigenvalue weighted by Crippen LogP contribution is 2.26. The van der Waals surface area contributed by atoms with Gasteiger partial charge in [0.1, 0.15) is 5.75 Å². The number of benzene rings is 2. The zero-order chi connectivity index (χ0) is 13.7. The second-order valence-corrected chi connectivity index (χ2v) is 4.81. The van der Waals surface area contributed by atoms with Gasteiger partial charge in [0.25, 0.3) is 0 Å². The summed E-state index contributed by atoms with van der Waals surface area (Å²) >= 11 is 3.42. The summed E-state index contributed by atoms with van der Waals surface area (Å²) in [5.74, 6) is 0.763. The largest absolute Gasteiger partial charge is 0.496 e. The van der Waals surface area contributed by atoms with Gasteiger partial charge in [-0.05, 0) is 39.7 Å². The van der Waals surface area contributed by atoms with Crippen molar-refractivity contribution in [2.75, 3.05) is 7.11 Å². The average Bonchev–Trinajstić information content (AvgIpc) is 2.46. The lowest BCUT2D eigenvalue weighted by atomic mass is 10.1. The smallest absolute Gasteiger partial charge is 0.185 e. The van der Waals surface area contributed by atoms with Crippen molar-refractivity contribution in [1.29, 1.82) is 0 Å². The van der Waals surface area contributed by atoms with Crippen LogP contribution in [-0.4, -0.2) is 12.9 Å². The molecule has 96 valence electrons. The first-order chi connectivity index (χ1) is 9.20. The Bertz CT molecular complexity index is 603. The Labute approximate surface area is 120 Å². The van der Waals surface area contributed by atoms with Gasteiger partial charge in [0.2, 0.25) is 0 Å². The minimum atomic E-state index is -0.00691. The summed E-state index contributed by atoms with van der Waals surface area (Å²) in [4.78, 5) is 11.9. The Kier molecular flexibility index (Phi) is 4.53. The number of carbonyl (C=O) groups is 1. The molecular weight excluding hydrogens is 304 g/mol. The van der Waals surface area contributed by atoms with E-state index in [1.54, 1.807) is 31.4 Å². The van der Waals surface area contributed by atoms with Crippen molar-refractivity contribution in [3.8, 4) is 5.75 Å². The Morgan fingerprint density at radius 1 is 1.16 bits per heavy atom. The number of halogens is 1. The predicted octanol–water partition coefficient (Wildman–Crippen LogP) is 4.35. The highest BCUT2D eigenvalue weighted by molar-refractivity contribution is 9.10. The lowest BCUT2D eigenvalue weighted by Gasteiger charge is -2.03. The fourth-order valence-electron chi connectivity index (χ4n) is 1.66. The summed E-state index contributed by atoms with van der Waals surface area (Å²) in [5.41, 5.74) is 1.63. The summed E-state index contributed by atoms with van der Waals surface area (Å²) in [6.45, 7) is 0. The van der Waals surface area contributed by atoms with Crippen LogP contribution in [0, 0.1) is 0 Å². The summed E-state index contributed by atoms with van der Waals surface area (Å²) in [6, 6.07) is 14.9. The van der Waals surface area contributed by atoms with Crippen LogP contribution in [-0.2, 0) is 0 Å². The second kappa shape index (κ2) is 6.34. The summed E-state index contributed by atoms with van der Waals surface area (Å²) < 4.78 is 6.02. The van der Waals surface area contributed by atoms with Crippen LogP contribution in [0.4, 0.5) is 0 Å². The highest BCUT2D eigenvalue weighted by atomic mass is 79.9. The van der Waals surface area contributed by atoms with E-state index in [1.807, 2.05) is 36.4 Å². The number of rotatable bonds is 4. The van der Waals surface area contributed by atoms with Gasteiger partial charge in [0, 0.05) is 5.56 Å². The van der Waals surface area contributed by atoms with Crippen molar-refractivity contribution in [2.24, 2.45) is 0 Å². The van der Waals surface area contributed by atoms with Gasteiger partial charge in [-0.3, -0.25) is 4.79 Å². The van der Waals surface area contributed by atoms with E-state index in [0.717, 1.165) is 15.8 Å². The average molecular weight is 317 g/mol. The SMILES string of the molecule is COc1ccc(C=CC(=O)c2ccccc2)cc1Br. The molecule has 0 aromatic heterocycles. The third kappa shape index (κ3) is 3.55. The molecule has 0 atom stereocenters. The maximum atomic E-state index is 11.9. The number of methoxy groups -OCH3 is 1. The lowest BCUT2D eigenvalue weighted by molar-refractivity contribution is 0.104. The molecular formula is C16H13BrO2. The van der Waals surface area contributed by atoms with Crippen LogP contribution in [0.3, 0.4) is 0 Å². The van der Waals surface area contributed by atoms with Crippen LogP contribution < -0.4 is 4.74 Å². The third-order valence-electron chi connectivity index (χ3n) is 2.66. The van der Waals surface area contributed by atoms with Gasteiger partial charge in [0.05, 0.1) is 11.6 Å². The maximum absolute atomic E-state index is 11.9. The highest BCUT2D eigenvalue weighted by Gasteiger charge is 2.01. The van der Waals surface area contributed by atoms with E-state index in [1.165, 1.54) is 0 Å². The van der Waals surface area contributed by atoms with Gasteiger partial charge in [-0.2, -0.15) is 0 Å². The topological polar surface area (TPSA) is 26.3 Å². The Morgan fingerprint density at radius 3 is 2.53 bits per heavy atom. The van der Waals surface area contributed by atoms with E-state index in [4.69, 9.17) is 4.74 Å². The quantitative estimate of drug-likeness (QED) is 0.619. The van der Waals surface area contributed by atoms with Gasteiger partial charge in [-0.25, -0.2) is 0 Å². The van der Waals surface area contributed by atoms with Crippen molar-refractivity contribution in [2.45, 2.75) is 0 Å². The molecule has 0 radical (unpaired) electrons. The summed E-state index contributed by atoms with van der Waals surface area (Å²) in [5, 5.41) is 0. The van der Waals surface area contributed by atoms with E-state index in [9.17, 15) is 4.79 Å². The van der Waals surface area contributed by atoms with E-state index >= 15 is 0 Å². The monoisotopic (exact) mass is 316 g/mol. The molecule has 0 N–H and O–H groups in total. The number of ketones is 1. The molecule has 0 aliphatic heterocycles. The summed E-state index contributed by atoms with van der Waals surface area (Å²) in [6.07, 6.45) is 3.36. The fraction of sp³-hybridized carbons (Fsp3) is 0.0625. The van der Waals surface area contributed by atoms with Crippen LogP contribution in [0.2, 0.25) is 0 Å². The van der Waals surface area contributed by atoms with Gasteiger partial charge < -0.3 is 4.74 Å². The zero-order valence-corrected chi connectivity index (χ0v) is 12.1. The molecule has 0 aliphatic carbocycles. The Hall–Kier alpha value is -1.87. The predicted molar refractivity (Wildman–Crippen MR) is 80.5 cm³/mol. The molecule has 0 amide bonds. The van der Waals surface area contributed by atoms with E-state index in [2.05, 4.69) is 15.9 Å². The van der Waals surface area contributed by atoms with Crippen LogP contribution in [0.1, 0.15) is 15.9 Å². The standard InChI is InChI=1S/C16H13BrO2/c1-19-16-10-8-12(11-14(16)17)7-9-15(18)13-5-3-2-4-6-13/h2-11H,1H3. The molecule has 0 saturated carbocycles. The third-order valence-corrected chi connectivity index (χ3v) is 3.28. The minimum Gasteiger partial charge on any atom is -0.496 e. The molecule has 2 rings (SSSR count). The molecule has 0 unspecified atom stereocenters. The molecule has 0 spiro atoms. The van der Waals surface area contributed by atoms with Gasteiger partial charge in [-0.1, -0.05) is 42.5 Å². The van der Waals surface area contributed by atoms with E-state index in [0.29, 0.717) is 5.56 Å². The molecule has 0 saturated heterocycles. The number of ether oxygens (including phenoxy) is 1. The van der Waals surface area contributed by atoms with Crippen molar-refractivity contribution >= 4 is 27.8 Å². The molecule has 19 heavy (non-hydrogen) atoms. The fourth-order valence-corrected chi connectivity index (χ4v) is 2.22. The molecule has 0 aliphatic rings. The lowest BCUT2D eigenvalue weighted by Crippen LogP contribution is -1.92.